The monoisotopic (exact) mass is 334 g/mol. The van der Waals surface area contributed by atoms with Crippen molar-refractivity contribution >= 4 is 0 Å². The van der Waals surface area contributed by atoms with Crippen LogP contribution in [-0.4, -0.2) is 0 Å². The Bertz CT molecular complexity index is 523. The van der Waals surface area contributed by atoms with E-state index in [-0.39, 0.29) is 0 Å². The summed E-state index contributed by atoms with van der Waals surface area (Å²) in [5.41, 5.74) is 0.989. The summed E-state index contributed by atoms with van der Waals surface area (Å²) in [5, 5.41) is 0. The van der Waals surface area contributed by atoms with Crippen LogP contribution in [-0.2, 0) is 0 Å². The van der Waals surface area contributed by atoms with Gasteiger partial charge in [0.1, 0.15) is 0 Å². The molecule has 1 unspecified atom stereocenters. The molecule has 0 heterocycles. The van der Waals surface area contributed by atoms with Crippen molar-refractivity contribution in [3.8, 4) is 0 Å². The van der Waals surface area contributed by atoms with Gasteiger partial charge in [-0.05, 0) is 85.8 Å². The molecule has 0 amide bonds. The van der Waals surface area contributed by atoms with Gasteiger partial charge in [-0.3, -0.25) is 0 Å². The molecule has 0 N–H and O–H groups in total. The van der Waals surface area contributed by atoms with Gasteiger partial charge >= 0.3 is 0 Å². The van der Waals surface area contributed by atoms with Crippen LogP contribution in [0.25, 0.3) is 0 Å². The van der Waals surface area contributed by atoms with Crippen molar-refractivity contribution in [3.63, 3.8) is 0 Å². The first kappa shape index (κ1) is 17.9. The standard InChI is InChI=1S/C22H32F2/c1-3-16-4-6-17(7-5-16)15(2)18-8-10-19(11-9-18)20-12-13-21(23)22(24)14-20/h12-19H,3-11H2,1-2H3. The van der Waals surface area contributed by atoms with E-state index in [1.54, 1.807) is 6.07 Å². The highest BCUT2D eigenvalue weighted by Gasteiger charge is 2.32. The number of halogens is 2. The smallest absolute Gasteiger partial charge is 0.159 e. The molecular formula is C22H32F2. The summed E-state index contributed by atoms with van der Waals surface area (Å²) in [6, 6.07) is 4.47. The second kappa shape index (κ2) is 7.97. The third-order valence-corrected chi connectivity index (χ3v) is 7.14. The molecule has 0 aromatic heterocycles. The maximum Gasteiger partial charge on any atom is 0.159 e. The fourth-order valence-corrected chi connectivity index (χ4v) is 5.25. The van der Waals surface area contributed by atoms with E-state index in [1.807, 2.05) is 0 Å². The Kier molecular flexibility index (Phi) is 5.94. The van der Waals surface area contributed by atoms with E-state index in [0.717, 1.165) is 42.1 Å². The maximum atomic E-state index is 13.5. The first-order chi connectivity index (χ1) is 11.6. The van der Waals surface area contributed by atoms with Crippen molar-refractivity contribution in [2.24, 2.45) is 23.7 Å². The lowest BCUT2D eigenvalue weighted by molar-refractivity contribution is 0.133. The molecule has 0 nitrogen and oxygen atoms in total. The maximum absolute atomic E-state index is 13.5. The normalized spacial score (nSPS) is 32.5. The molecule has 2 heteroatoms. The molecule has 3 rings (SSSR count). The molecule has 0 bridgehead atoms. The number of hydrogen-bond donors (Lipinski definition) is 0. The second-order valence-electron chi connectivity index (χ2n) is 8.33. The van der Waals surface area contributed by atoms with Crippen LogP contribution >= 0.6 is 0 Å². The van der Waals surface area contributed by atoms with Crippen LogP contribution in [0, 0.1) is 35.3 Å². The Morgan fingerprint density at radius 1 is 0.875 bits per heavy atom. The van der Waals surface area contributed by atoms with Gasteiger partial charge in [-0.1, -0.05) is 39.2 Å². The molecule has 2 saturated carbocycles. The average Bonchev–Trinajstić information content (AvgIpc) is 2.63. The Balaban J connectivity index is 1.52. The van der Waals surface area contributed by atoms with Gasteiger partial charge in [-0.15, -0.1) is 0 Å². The van der Waals surface area contributed by atoms with Gasteiger partial charge < -0.3 is 0 Å². The first-order valence-electron chi connectivity index (χ1n) is 10.0. The fourth-order valence-electron chi connectivity index (χ4n) is 5.25. The SMILES string of the molecule is CCC1CCC(C(C)C2CCC(c3ccc(F)c(F)c3)CC2)CC1. The van der Waals surface area contributed by atoms with Crippen LogP contribution in [0.4, 0.5) is 8.78 Å². The Hall–Kier alpha value is -0.920. The largest absolute Gasteiger partial charge is 0.204 e. The Morgan fingerprint density at radius 3 is 2.00 bits per heavy atom. The quantitative estimate of drug-likeness (QED) is 0.551. The van der Waals surface area contributed by atoms with Crippen LogP contribution in [0.15, 0.2) is 18.2 Å². The molecule has 1 aromatic carbocycles. The highest BCUT2D eigenvalue weighted by Crippen LogP contribution is 2.44. The molecular weight excluding hydrogens is 302 g/mol. The Labute approximate surface area is 146 Å². The predicted octanol–water partition coefficient (Wildman–Crippen LogP) is 7.09. The van der Waals surface area contributed by atoms with E-state index in [4.69, 9.17) is 0 Å². The van der Waals surface area contributed by atoms with Crippen LogP contribution in [0.5, 0.6) is 0 Å². The highest BCUT2D eigenvalue weighted by atomic mass is 19.2. The lowest BCUT2D eigenvalue weighted by Gasteiger charge is -2.39. The van der Waals surface area contributed by atoms with Crippen molar-refractivity contribution in [1.82, 2.24) is 0 Å². The predicted molar refractivity (Wildman–Crippen MR) is 96.0 cm³/mol. The van der Waals surface area contributed by atoms with Crippen molar-refractivity contribution in [1.29, 1.82) is 0 Å². The average molecular weight is 334 g/mol. The third kappa shape index (κ3) is 4.00. The van der Waals surface area contributed by atoms with Gasteiger partial charge in [-0.2, -0.15) is 0 Å². The molecule has 24 heavy (non-hydrogen) atoms. The van der Waals surface area contributed by atoms with Crippen LogP contribution in [0.2, 0.25) is 0 Å². The summed E-state index contributed by atoms with van der Waals surface area (Å²) in [4.78, 5) is 0. The summed E-state index contributed by atoms with van der Waals surface area (Å²) >= 11 is 0. The summed E-state index contributed by atoms with van der Waals surface area (Å²) < 4.78 is 26.6. The number of benzene rings is 1. The minimum absolute atomic E-state index is 0.416. The Morgan fingerprint density at radius 2 is 1.46 bits per heavy atom. The minimum Gasteiger partial charge on any atom is -0.204 e. The van der Waals surface area contributed by atoms with Crippen molar-refractivity contribution in [3.05, 3.63) is 35.4 Å². The summed E-state index contributed by atoms with van der Waals surface area (Å²) in [6.07, 6.45) is 11.8. The fraction of sp³-hybridized carbons (Fsp3) is 0.727. The van der Waals surface area contributed by atoms with E-state index in [1.165, 1.54) is 57.1 Å². The lowest BCUT2D eigenvalue weighted by atomic mass is 9.67. The van der Waals surface area contributed by atoms with E-state index >= 15 is 0 Å². The van der Waals surface area contributed by atoms with E-state index in [0.29, 0.717) is 5.92 Å². The van der Waals surface area contributed by atoms with Crippen LogP contribution in [0.3, 0.4) is 0 Å². The van der Waals surface area contributed by atoms with Crippen molar-refractivity contribution in [2.75, 3.05) is 0 Å². The third-order valence-electron chi connectivity index (χ3n) is 7.14. The molecule has 0 spiro atoms. The minimum atomic E-state index is -0.733. The van der Waals surface area contributed by atoms with E-state index in [9.17, 15) is 8.78 Å². The lowest BCUT2D eigenvalue weighted by Crippen LogP contribution is -2.28. The zero-order chi connectivity index (χ0) is 17.1. The molecule has 0 radical (unpaired) electrons. The molecule has 0 saturated heterocycles. The van der Waals surface area contributed by atoms with Gasteiger partial charge in [0.2, 0.25) is 0 Å². The molecule has 2 aliphatic rings. The number of hydrogen-bond acceptors (Lipinski definition) is 0. The molecule has 134 valence electrons. The first-order valence-corrected chi connectivity index (χ1v) is 10.0. The molecule has 2 aliphatic carbocycles. The summed E-state index contributed by atoms with van der Waals surface area (Å²) in [7, 11) is 0. The van der Waals surface area contributed by atoms with E-state index < -0.39 is 11.6 Å². The zero-order valence-corrected chi connectivity index (χ0v) is 15.2. The van der Waals surface area contributed by atoms with Gasteiger partial charge in [0.05, 0.1) is 0 Å². The van der Waals surface area contributed by atoms with Gasteiger partial charge in [-0.25, -0.2) is 8.78 Å². The molecule has 2 fully saturated rings. The van der Waals surface area contributed by atoms with Gasteiger partial charge in [0.15, 0.2) is 11.6 Å². The number of rotatable bonds is 4. The molecule has 1 atom stereocenters. The summed E-state index contributed by atoms with van der Waals surface area (Å²) in [6.45, 7) is 4.80. The van der Waals surface area contributed by atoms with Crippen molar-refractivity contribution < 1.29 is 8.78 Å². The van der Waals surface area contributed by atoms with Gasteiger partial charge in [0.25, 0.3) is 0 Å². The van der Waals surface area contributed by atoms with Crippen LogP contribution < -0.4 is 0 Å². The van der Waals surface area contributed by atoms with Crippen molar-refractivity contribution in [2.45, 2.75) is 77.6 Å². The highest BCUT2D eigenvalue weighted by molar-refractivity contribution is 5.22. The molecule has 1 aromatic rings. The van der Waals surface area contributed by atoms with Crippen LogP contribution in [0.1, 0.15) is 83.1 Å². The van der Waals surface area contributed by atoms with E-state index in [2.05, 4.69) is 13.8 Å². The molecule has 0 aliphatic heterocycles. The second-order valence-corrected chi connectivity index (χ2v) is 8.33. The summed E-state index contributed by atoms with van der Waals surface area (Å²) in [5.74, 6) is 2.53. The topological polar surface area (TPSA) is 0 Å². The zero-order valence-electron chi connectivity index (χ0n) is 15.2. The van der Waals surface area contributed by atoms with Gasteiger partial charge in [0, 0.05) is 0 Å².